The fraction of sp³-hybridized carbons (Fsp3) is 0.368. The fourth-order valence-electron chi connectivity index (χ4n) is 2.05. The minimum atomic E-state index is -0.611. The van der Waals surface area contributed by atoms with Crippen molar-refractivity contribution in [3.8, 4) is 0 Å². The topological polar surface area (TPSA) is 86.5 Å². The Morgan fingerprint density at radius 2 is 1.84 bits per heavy atom. The molecule has 1 rings (SSSR count). The smallest absolute Gasteiger partial charge is 0.313 e. The normalized spacial score (nSPS) is 10.0. The zero-order valence-electron chi connectivity index (χ0n) is 14.6. The van der Waals surface area contributed by atoms with E-state index in [4.69, 9.17) is 4.74 Å². The van der Waals surface area contributed by atoms with Crippen LogP contribution in [0.1, 0.15) is 49.9 Å². The van der Waals surface area contributed by atoms with Crippen LogP contribution in [0.5, 0.6) is 0 Å². The lowest BCUT2D eigenvalue weighted by Crippen LogP contribution is -2.12. The van der Waals surface area contributed by atoms with E-state index in [2.05, 4.69) is 12.7 Å². The highest BCUT2D eigenvalue weighted by atomic mass is 16.6. The first-order valence-electron chi connectivity index (χ1n) is 8.03. The van der Waals surface area contributed by atoms with Crippen molar-refractivity contribution >= 4 is 17.4 Å². The van der Waals surface area contributed by atoms with Crippen molar-refractivity contribution < 1.29 is 19.2 Å². The Bertz CT molecular complexity index is 670. The Morgan fingerprint density at radius 1 is 1.20 bits per heavy atom. The zero-order valence-corrected chi connectivity index (χ0v) is 14.6. The van der Waals surface area contributed by atoms with Gasteiger partial charge >= 0.3 is 5.97 Å². The van der Waals surface area contributed by atoms with Crippen molar-refractivity contribution in [2.45, 2.75) is 39.5 Å². The molecule has 0 bridgehead atoms. The Balaban J connectivity index is 2.34. The van der Waals surface area contributed by atoms with Crippen molar-refractivity contribution in [3.63, 3.8) is 0 Å². The highest BCUT2D eigenvalue weighted by molar-refractivity contribution is 6.06. The number of Topliss-reactive ketones (excluding diaryl/α,β-unsaturated/α-hetero) is 1. The Hall–Kier alpha value is -2.76. The van der Waals surface area contributed by atoms with E-state index in [-0.39, 0.29) is 24.3 Å². The molecular weight excluding hydrogens is 322 g/mol. The standard InChI is InChI=1S/C19H23NO5/c1-14(2)5-4-6-15(3)11-12-25-19(22)13-18(21)16-7-9-17(10-8-16)20(23)24/h5,7-10H,3-4,6,11-13H2,1-2H3. The predicted octanol–water partition coefficient (Wildman–Crippen LogP) is 4.40. The van der Waals surface area contributed by atoms with E-state index in [1.165, 1.54) is 29.8 Å². The molecule has 0 aliphatic carbocycles. The first-order chi connectivity index (χ1) is 11.8. The van der Waals surface area contributed by atoms with E-state index < -0.39 is 16.7 Å². The van der Waals surface area contributed by atoms with Gasteiger partial charge in [-0.1, -0.05) is 23.8 Å². The van der Waals surface area contributed by atoms with Crippen LogP contribution in [0.2, 0.25) is 0 Å². The molecule has 25 heavy (non-hydrogen) atoms. The second-order valence-electron chi connectivity index (χ2n) is 5.94. The summed E-state index contributed by atoms with van der Waals surface area (Å²) < 4.78 is 5.05. The third-order valence-corrected chi connectivity index (χ3v) is 3.47. The Morgan fingerprint density at radius 3 is 2.40 bits per heavy atom. The molecule has 0 saturated heterocycles. The molecule has 6 heteroatoms. The molecule has 0 unspecified atom stereocenters. The number of rotatable bonds is 10. The zero-order chi connectivity index (χ0) is 18.8. The summed E-state index contributed by atoms with van der Waals surface area (Å²) in [6.45, 7) is 8.20. The monoisotopic (exact) mass is 345 g/mol. The van der Waals surface area contributed by atoms with E-state index in [9.17, 15) is 19.7 Å². The number of carbonyl (C=O) groups excluding carboxylic acids is 2. The second kappa shape index (κ2) is 10.2. The molecule has 0 N–H and O–H groups in total. The van der Waals surface area contributed by atoms with Gasteiger partial charge in [0.15, 0.2) is 5.78 Å². The summed E-state index contributed by atoms with van der Waals surface area (Å²) in [5.41, 5.74) is 2.38. The number of hydrogen-bond acceptors (Lipinski definition) is 5. The Labute approximate surface area is 147 Å². The Kier molecular flexibility index (Phi) is 8.26. The van der Waals surface area contributed by atoms with Gasteiger partial charge in [-0.05, 0) is 38.8 Å². The minimum Gasteiger partial charge on any atom is -0.465 e. The van der Waals surface area contributed by atoms with Gasteiger partial charge in [0.25, 0.3) is 5.69 Å². The minimum absolute atomic E-state index is 0.106. The second-order valence-corrected chi connectivity index (χ2v) is 5.94. The van der Waals surface area contributed by atoms with Crippen LogP contribution in [0.3, 0.4) is 0 Å². The van der Waals surface area contributed by atoms with Gasteiger partial charge in [0, 0.05) is 24.1 Å². The maximum atomic E-state index is 11.9. The highest BCUT2D eigenvalue weighted by Crippen LogP contribution is 2.14. The largest absolute Gasteiger partial charge is 0.465 e. The van der Waals surface area contributed by atoms with Crippen LogP contribution < -0.4 is 0 Å². The SMILES string of the molecule is C=C(CCC=C(C)C)CCOC(=O)CC(=O)c1ccc([N+](=O)[O-])cc1. The number of allylic oxidation sites excluding steroid dienone is 2. The van der Waals surface area contributed by atoms with Crippen LogP contribution in [-0.4, -0.2) is 23.3 Å². The van der Waals surface area contributed by atoms with Gasteiger partial charge in [0.2, 0.25) is 0 Å². The maximum Gasteiger partial charge on any atom is 0.313 e. The number of carbonyl (C=O) groups is 2. The van der Waals surface area contributed by atoms with Crippen molar-refractivity contribution in [2.75, 3.05) is 6.61 Å². The number of esters is 1. The van der Waals surface area contributed by atoms with Crippen molar-refractivity contribution in [1.29, 1.82) is 0 Å². The highest BCUT2D eigenvalue weighted by Gasteiger charge is 2.14. The summed E-state index contributed by atoms with van der Waals surface area (Å²) in [4.78, 5) is 33.7. The number of nitro benzene ring substituents is 1. The third-order valence-electron chi connectivity index (χ3n) is 3.47. The summed E-state index contributed by atoms with van der Waals surface area (Å²) in [6.07, 6.45) is 4.05. The number of non-ortho nitro benzene ring substituents is 1. The third kappa shape index (κ3) is 8.06. The molecule has 0 aliphatic heterocycles. The molecule has 0 aliphatic rings. The number of nitro groups is 1. The quantitative estimate of drug-likeness (QED) is 0.157. The molecule has 0 fully saturated rings. The van der Waals surface area contributed by atoms with Gasteiger partial charge in [0.1, 0.15) is 6.42 Å². The lowest BCUT2D eigenvalue weighted by Gasteiger charge is -2.06. The first-order valence-corrected chi connectivity index (χ1v) is 8.03. The van der Waals surface area contributed by atoms with Crippen molar-refractivity contribution in [1.82, 2.24) is 0 Å². The molecular formula is C19H23NO5. The summed E-state index contributed by atoms with van der Waals surface area (Å²) in [5, 5.41) is 10.6. The molecule has 0 heterocycles. The van der Waals surface area contributed by atoms with Crippen molar-refractivity contribution in [2.24, 2.45) is 0 Å². The molecule has 0 spiro atoms. The van der Waals surface area contributed by atoms with Crippen molar-refractivity contribution in [3.05, 3.63) is 63.7 Å². The van der Waals surface area contributed by atoms with Gasteiger partial charge in [-0.2, -0.15) is 0 Å². The average Bonchev–Trinajstić information content (AvgIpc) is 2.54. The molecule has 1 aromatic carbocycles. The maximum absolute atomic E-state index is 11.9. The van der Waals surface area contributed by atoms with E-state index in [0.717, 1.165) is 18.4 Å². The number of ketones is 1. The number of nitrogens with zero attached hydrogens (tertiary/aromatic N) is 1. The van der Waals surface area contributed by atoms with E-state index >= 15 is 0 Å². The van der Waals surface area contributed by atoms with Gasteiger partial charge < -0.3 is 4.74 Å². The fourth-order valence-corrected chi connectivity index (χ4v) is 2.05. The molecule has 0 aromatic heterocycles. The van der Waals surface area contributed by atoms with Crippen LogP contribution in [0.25, 0.3) is 0 Å². The lowest BCUT2D eigenvalue weighted by molar-refractivity contribution is -0.384. The van der Waals surface area contributed by atoms with E-state index in [0.29, 0.717) is 6.42 Å². The van der Waals surface area contributed by atoms with Gasteiger partial charge in [-0.15, -0.1) is 0 Å². The first kappa shape index (κ1) is 20.3. The number of hydrogen-bond donors (Lipinski definition) is 0. The summed E-state index contributed by atoms with van der Waals surface area (Å²) in [7, 11) is 0. The summed E-state index contributed by atoms with van der Waals surface area (Å²) in [6, 6.07) is 5.13. The molecule has 0 atom stereocenters. The molecule has 1 aromatic rings. The molecule has 0 radical (unpaired) electrons. The number of ether oxygens (including phenoxy) is 1. The molecule has 134 valence electrons. The predicted molar refractivity (Wildman–Crippen MR) is 95.4 cm³/mol. The van der Waals surface area contributed by atoms with E-state index in [1.807, 2.05) is 13.8 Å². The van der Waals surface area contributed by atoms with Crippen LogP contribution in [0, 0.1) is 10.1 Å². The van der Waals surface area contributed by atoms with Crippen LogP contribution in [0.15, 0.2) is 48.1 Å². The summed E-state index contributed by atoms with van der Waals surface area (Å²) in [5.74, 6) is -1.04. The van der Waals surface area contributed by atoms with E-state index in [1.54, 1.807) is 0 Å². The molecule has 0 saturated carbocycles. The number of benzene rings is 1. The average molecular weight is 345 g/mol. The summed E-state index contributed by atoms with van der Waals surface area (Å²) >= 11 is 0. The van der Waals surface area contributed by atoms with Crippen LogP contribution in [-0.2, 0) is 9.53 Å². The van der Waals surface area contributed by atoms with Crippen LogP contribution in [0.4, 0.5) is 5.69 Å². The lowest BCUT2D eigenvalue weighted by atomic mass is 10.1. The molecule has 6 nitrogen and oxygen atoms in total. The van der Waals surface area contributed by atoms with Gasteiger partial charge in [-0.25, -0.2) is 0 Å². The van der Waals surface area contributed by atoms with Gasteiger partial charge in [-0.3, -0.25) is 19.7 Å². The van der Waals surface area contributed by atoms with Gasteiger partial charge in [0.05, 0.1) is 11.5 Å². The molecule has 0 amide bonds. The van der Waals surface area contributed by atoms with Crippen LogP contribution >= 0.6 is 0 Å².